The molecular formula is C19H20N4O2. The summed E-state index contributed by atoms with van der Waals surface area (Å²) >= 11 is 0. The van der Waals surface area contributed by atoms with E-state index in [4.69, 9.17) is 9.72 Å². The first-order valence-corrected chi connectivity index (χ1v) is 8.92. The molecule has 6 heteroatoms. The predicted molar refractivity (Wildman–Crippen MR) is 93.9 cm³/mol. The molecule has 1 aromatic carbocycles. The molecule has 1 aromatic heterocycles. The third-order valence-corrected chi connectivity index (χ3v) is 5.22. The van der Waals surface area contributed by atoms with Crippen molar-refractivity contribution in [2.75, 3.05) is 29.5 Å². The number of anilines is 2. The number of amides is 1. The van der Waals surface area contributed by atoms with Crippen LogP contribution in [0, 0.1) is 0 Å². The number of nitrogens with zero attached hydrogens (tertiary/aromatic N) is 4. The van der Waals surface area contributed by atoms with Crippen LogP contribution in [0.25, 0.3) is 0 Å². The molecule has 1 saturated heterocycles. The SMILES string of the molecule is O=C1OCCN1c1cccc2c1CCN(c1ccnc(C3CC3)n1)C2. The van der Waals surface area contributed by atoms with Crippen molar-refractivity contribution in [2.45, 2.75) is 31.7 Å². The highest BCUT2D eigenvalue weighted by atomic mass is 16.6. The zero-order chi connectivity index (χ0) is 16.8. The number of carbonyl (C=O) groups is 1. The Kier molecular flexibility index (Phi) is 3.36. The van der Waals surface area contributed by atoms with E-state index in [-0.39, 0.29) is 6.09 Å². The minimum Gasteiger partial charge on any atom is -0.447 e. The largest absolute Gasteiger partial charge is 0.447 e. The zero-order valence-electron chi connectivity index (χ0n) is 14.0. The molecule has 0 radical (unpaired) electrons. The van der Waals surface area contributed by atoms with Crippen molar-refractivity contribution in [3.05, 3.63) is 47.4 Å². The molecular weight excluding hydrogens is 316 g/mol. The summed E-state index contributed by atoms with van der Waals surface area (Å²) < 4.78 is 5.10. The van der Waals surface area contributed by atoms with E-state index in [1.165, 1.54) is 24.0 Å². The Labute approximate surface area is 146 Å². The third kappa shape index (κ3) is 2.62. The van der Waals surface area contributed by atoms with Gasteiger partial charge in [0, 0.05) is 25.2 Å². The standard InChI is InChI=1S/C19H20N4O2/c24-19-23(10-11-25-19)16-3-1-2-14-12-22(9-7-15(14)16)17-6-8-20-18(21-17)13-4-5-13/h1-3,6,8,13H,4-5,7,9-12H2. The Balaban J connectivity index is 1.43. The van der Waals surface area contributed by atoms with Crippen molar-refractivity contribution < 1.29 is 9.53 Å². The lowest BCUT2D eigenvalue weighted by atomic mass is 9.97. The van der Waals surface area contributed by atoms with Crippen LogP contribution in [0.3, 0.4) is 0 Å². The molecule has 1 aliphatic carbocycles. The smallest absolute Gasteiger partial charge is 0.414 e. The molecule has 1 saturated carbocycles. The number of benzene rings is 1. The van der Waals surface area contributed by atoms with E-state index >= 15 is 0 Å². The van der Waals surface area contributed by atoms with E-state index in [1.807, 2.05) is 24.4 Å². The Morgan fingerprint density at radius 3 is 2.88 bits per heavy atom. The van der Waals surface area contributed by atoms with E-state index < -0.39 is 0 Å². The normalized spacial score (nSPS) is 19.8. The van der Waals surface area contributed by atoms with Gasteiger partial charge in [-0.3, -0.25) is 4.90 Å². The molecule has 1 amide bonds. The molecule has 2 aliphatic heterocycles. The Bertz CT molecular complexity index is 834. The fourth-order valence-corrected chi connectivity index (χ4v) is 3.73. The van der Waals surface area contributed by atoms with Crippen molar-refractivity contribution in [3.63, 3.8) is 0 Å². The summed E-state index contributed by atoms with van der Waals surface area (Å²) in [6.45, 7) is 2.82. The van der Waals surface area contributed by atoms with Gasteiger partial charge in [0.05, 0.1) is 12.2 Å². The summed E-state index contributed by atoms with van der Waals surface area (Å²) in [5.74, 6) is 2.55. The molecule has 25 heavy (non-hydrogen) atoms. The van der Waals surface area contributed by atoms with Crippen LogP contribution in [0.5, 0.6) is 0 Å². The summed E-state index contributed by atoms with van der Waals surface area (Å²) in [7, 11) is 0. The van der Waals surface area contributed by atoms with E-state index in [2.05, 4.69) is 16.0 Å². The van der Waals surface area contributed by atoms with Gasteiger partial charge in [0.1, 0.15) is 18.2 Å². The molecule has 2 fully saturated rings. The van der Waals surface area contributed by atoms with Crippen molar-refractivity contribution in [3.8, 4) is 0 Å². The number of hydrogen-bond acceptors (Lipinski definition) is 5. The lowest BCUT2D eigenvalue weighted by molar-refractivity contribution is 0.181. The van der Waals surface area contributed by atoms with Crippen LogP contribution in [-0.4, -0.2) is 35.8 Å². The fraction of sp³-hybridized carbons (Fsp3) is 0.421. The molecule has 0 N–H and O–H groups in total. The van der Waals surface area contributed by atoms with Crippen LogP contribution in [0.4, 0.5) is 16.3 Å². The number of aromatic nitrogens is 2. The second kappa shape index (κ2) is 5.72. The predicted octanol–water partition coefficient (Wildman–Crippen LogP) is 2.87. The van der Waals surface area contributed by atoms with Crippen molar-refractivity contribution >= 4 is 17.6 Å². The van der Waals surface area contributed by atoms with Crippen LogP contribution in [0.2, 0.25) is 0 Å². The summed E-state index contributed by atoms with van der Waals surface area (Å²) in [6.07, 6.45) is 4.96. The van der Waals surface area contributed by atoms with Crippen LogP contribution < -0.4 is 9.80 Å². The first-order valence-electron chi connectivity index (χ1n) is 8.92. The Morgan fingerprint density at radius 2 is 2.08 bits per heavy atom. The molecule has 3 heterocycles. The van der Waals surface area contributed by atoms with Gasteiger partial charge in [-0.25, -0.2) is 14.8 Å². The fourth-order valence-electron chi connectivity index (χ4n) is 3.73. The summed E-state index contributed by atoms with van der Waals surface area (Å²) in [5.41, 5.74) is 3.52. The molecule has 128 valence electrons. The Hall–Kier alpha value is -2.63. The topological polar surface area (TPSA) is 58.6 Å². The summed E-state index contributed by atoms with van der Waals surface area (Å²) in [6, 6.07) is 8.20. The minimum atomic E-state index is -0.235. The van der Waals surface area contributed by atoms with Crippen molar-refractivity contribution in [1.82, 2.24) is 9.97 Å². The monoisotopic (exact) mass is 336 g/mol. The minimum absolute atomic E-state index is 0.235. The number of cyclic esters (lactones) is 1. The van der Waals surface area contributed by atoms with Crippen LogP contribution in [0.1, 0.15) is 35.7 Å². The quantitative estimate of drug-likeness (QED) is 0.862. The van der Waals surface area contributed by atoms with E-state index in [0.29, 0.717) is 19.1 Å². The highest BCUT2D eigenvalue weighted by Crippen LogP contribution is 2.38. The second-order valence-electron chi connectivity index (χ2n) is 6.90. The number of carbonyl (C=O) groups excluding carboxylic acids is 1. The molecule has 2 aromatic rings. The molecule has 6 nitrogen and oxygen atoms in total. The average Bonchev–Trinajstić information content (AvgIpc) is 3.42. The van der Waals surface area contributed by atoms with Crippen LogP contribution >= 0.6 is 0 Å². The highest BCUT2D eigenvalue weighted by Gasteiger charge is 2.30. The van der Waals surface area contributed by atoms with Gasteiger partial charge in [-0.1, -0.05) is 12.1 Å². The van der Waals surface area contributed by atoms with Gasteiger partial charge < -0.3 is 9.64 Å². The van der Waals surface area contributed by atoms with Gasteiger partial charge in [0.25, 0.3) is 0 Å². The van der Waals surface area contributed by atoms with Gasteiger partial charge in [0.15, 0.2) is 0 Å². The van der Waals surface area contributed by atoms with Gasteiger partial charge >= 0.3 is 6.09 Å². The third-order valence-electron chi connectivity index (χ3n) is 5.22. The maximum absolute atomic E-state index is 11.9. The highest BCUT2D eigenvalue weighted by molar-refractivity contribution is 5.90. The van der Waals surface area contributed by atoms with Gasteiger partial charge in [-0.2, -0.15) is 0 Å². The van der Waals surface area contributed by atoms with Crippen LogP contribution in [0.15, 0.2) is 30.5 Å². The first kappa shape index (κ1) is 14.7. The van der Waals surface area contributed by atoms with Gasteiger partial charge in [-0.05, 0) is 42.5 Å². The molecule has 0 atom stereocenters. The number of rotatable bonds is 3. The molecule has 3 aliphatic rings. The molecule has 5 rings (SSSR count). The molecule has 0 spiro atoms. The average molecular weight is 336 g/mol. The number of ether oxygens (including phenoxy) is 1. The van der Waals surface area contributed by atoms with E-state index in [0.717, 1.165) is 36.8 Å². The van der Waals surface area contributed by atoms with E-state index in [1.54, 1.807) is 4.90 Å². The molecule has 0 unspecified atom stereocenters. The maximum Gasteiger partial charge on any atom is 0.414 e. The lowest BCUT2D eigenvalue weighted by Gasteiger charge is -2.32. The lowest BCUT2D eigenvalue weighted by Crippen LogP contribution is -2.33. The van der Waals surface area contributed by atoms with Gasteiger partial charge in [-0.15, -0.1) is 0 Å². The summed E-state index contributed by atoms with van der Waals surface area (Å²) in [5, 5.41) is 0. The summed E-state index contributed by atoms with van der Waals surface area (Å²) in [4.78, 5) is 25.2. The Morgan fingerprint density at radius 1 is 1.16 bits per heavy atom. The van der Waals surface area contributed by atoms with Crippen molar-refractivity contribution in [2.24, 2.45) is 0 Å². The second-order valence-corrected chi connectivity index (χ2v) is 6.90. The van der Waals surface area contributed by atoms with Crippen molar-refractivity contribution in [1.29, 1.82) is 0 Å². The zero-order valence-corrected chi connectivity index (χ0v) is 14.0. The van der Waals surface area contributed by atoms with Crippen LogP contribution in [-0.2, 0) is 17.7 Å². The maximum atomic E-state index is 11.9. The van der Waals surface area contributed by atoms with Gasteiger partial charge in [0.2, 0.25) is 0 Å². The number of hydrogen-bond donors (Lipinski definition) is 0. The first-order chi connectivity index (χ1) is 12.3. The van der Waals surface area contributed by atoms with E-state index in [9.17, 15) is 4.79 Å². The molecule has 0 bridgehead atoms. The number of fused-ring (bicyclic) bond motifs is 1.